The van der Waals surface area contributed by atoms with Crippen molar-refractivity contribution in [3.05, 3.63) is 28.7 Å². The Labute approximate surface area is 167 Å². The molecule has 1 aliphatic carbocycles. The normalized spacial score (nSPS) is 24.1. The second-order valence-electron chi connectivity index (χ2n) is 8.70. The number of imidazole rings is 1. The highest BCUT2D eigenvalue weighted by Crippen LogP contribution is 2.47. The second kappa shape index (κ2) is 6.30. The fraction of sp³-hybridized carbons (Fsp3) is 0.524. The van der Waals surface area contributed by atoms with Gasteiger partial charge < -0.3 is 4.90 Å². The number of carbonyl (C=O) groups excluding carboxylic acids is 3. The first kappa shape index (κ1) is 18.1. The first-order valence-corrected chi connectivity index (χ1v) is 10.2. The van der Waals surface area contributed by atoms with E-state index in [1.807, 2.05) is 18.2 Å². The predicted octanol–water partition coefficient (Wildman–Crippen LogP) is 1.27. The number of ketones is 1. The Bertz CT molecular complexity index is 1090. The van der Waals surface area contributed by atoms with Gasteiger partial charge in [0.05, 0.1) is 16.7 Å². The van der Waals surface area contributed by atoms with Crippen LogP contribution in [0.3, 0.4) is 0 Å². The van der Waals surface area contributed by atoms with Crippen LogP contribution in [0.25, 0.3) is 11.0 Å². The fourth-order valence-electron chi connectivity index (χ4n) is 5.26. The van der Waals surface area contributed by atoms with Crippen molar-refractivity contribution in [2.24, 2.45) is 12.5 Å². The van der Waals surface area contributed by atoms with E-state index in [0.717, 1.165) is 37.1 Å². The third-order valence-corrected chi connectivity index (χ3v) is 6.91. The van der Waals surface area contributed by atoms with Crippen molar-refractivity contribution in [3.8, 4) is 0 Å². The van der Waals surface area contributed by atoms with Crippen LogP contribution < -0.4 is 15.9 Å². The van der Waals surface area contributed by atoms with Gasteiger partial charge in [0.1, 0.15) is 11.8 Å². The van der Waals surface area contributed by atoms with Gasteiger partial charge >= 0.3 is 5.69 Å². The van der Waals surface area contributed by atoms with E-state index in [2.05, 4.69) is 10.2 Å². The number of fused-ring (bicyclic) bond motifs is 1. The van der Waals surface area contributed by atoms with Gasteiger partial charge in [-0.25, -0.2) is 4.79 Å². The molecule has 8 heteroatoms. The first-order valence-electron chi connectivity index (χ1n) is 10.2. The number of aryl methyl sites for hydroxylation is 1. The van der Waals surface area contributed by atoms with Gasteiger partial charge in [-0.2, -0.15) is 0 Å². The number of hydrogen-bond donors (Lipinski definition) is 1. The average molecular weight is 396 g/mol. The van der Waals surface area contributed by atoms with E-state index in [0.29, 0.717) is 30.6 Å². The lowest BCUT2D eigenvalue weighted by Crippen LogP contribution is -2.47. The average Bonchev–Trinajstić information content (AvgIpc) is 2.93. The number of Topliss-reactive ketones (excluding diaryl/α,β-unsaturated/α-hetero) is 1. The molecule has 2 aromatic rings. The molecule has 1 spiro atoms. The largest absolute Gasteiger partial charge is 0.370 e. The van der Waals surface area contributed by atoms with Gasteiger partial charge in [-0.3, -0.25) is 28.8 Å². The molecule has 8 nitrogen and oxygen atoms in total. The summed E-state index contributed by atoms with van der Waals surface area (Å²) in [6.07, 6.45) is 3.93. The number of amides is 2. The zero-order chi connectivity index (χ0) is 20.3. The lowest BCUT2D eigenvalue weighted by atomic mass is 9.62. The van der Waals surface area contributed by atoms with E-state index in [4.69, 9.17) is 0 Å². The molecule has 29 heavy (non-hydrogen) atoms. The number of nitrogens with one attached hydrogen (secondary N) is 1. The smallest absolute Gasteiger partial charge is 0.329 e. The fourth-order valence-corrected chi connectivity index (χ4v) is 5.26. The minimum atomic E-state index is -0.676. The van der Waals surface area contributed by atoms with E-state index in [-0.39, 0.29) is 23.4 Å². The molecule has 3 aliphatic rings. The maximum absolute atomic E-state index is 13.0. The summed E-state index contributed by atoms with van der Waals surface area (Å²) < 4.78 is 3.13. The molecule has 2 aliphatic heterocycles. The van der Waals surface area contributed by atoms with Gasteiger partial charge in [0, 0.05) is 39.4 Å². The van der Waals surface area contributed by atoms with Crippen LogP contribution in [-0.2, 0) is 21.4 Å². The van der Waals surface area contributed by atoms with E-state index < -0.39 is 11.9 Å². The Morgan fingerprint density at radius 3 is 2.45 bits per heavy atom. The second-order valence-corrected chi connectivity index (χ2v) is 8.70. The van der Waals surface area contributed by atoms with Gasteiger partial charge in [0.2, 0.25) is 11.8 Å². The number of hydrogen-bond acceptors (Lipinski definition) is 5. The molecule has 2 amide bonds. The summed E-state index contributed by atoms with van der Waals surface area (Å²) in [5, 5.41) is 2.35. The maximum atomic E-state index is 13.0. The minimum absolute atomic E-state index is 0.187. The molecule has 0 bridgehead atoms. The van der Waals surface area contributed by atoms with Crippen molar-refractivity contribution in [1.82, 2.24) is 14.5 Å². The molecule has 0 radical (unpaired) electrons. The molecule has 1 saturated carbocycles. The topological polar surface area (TPSA) is 93.4 Å². The summed E-state index contributed by atoms with van der Waals surface area (Å²) in [4.78, 5) is 50.7. The highest BCUT2D eigenvalue weighted by Gasteiger charge is 2.45. The summed E-state index contributed by atoms with van der Waals surface area (Å²) in [7, 11) is 1.73. The van der Waals surface area contributed by atoms with Crippen LogP contribution in [0.5, 0.6) is 0 Å². The van der Waals surface area contributed by atoms with Crippen LogP contribution in [0.15, 0.2) is 23.0 Å². The van der Waals surface area contributed by atoms with Gasteiger partial charge in [-0.15, -0.1) is 0 Å². The Kier molecular flexibility index (Phi) is 3.94. The summed E-state index contributed by atoms with van der Waals surface area (Å²) in [5.41, 5.74) is 2.44. The lowest BCUT2D eigenvalue weighted by Gasteiger charge is -2.47. The third-order valence-electron chi connectivity index (χ3n) is 6.91. The maximum Gasteiger partial charge on any atom is 0.329 e. The molecule has 1 N–H and O–H groups in total. The molecule has 1 aromatic heterocycles. The van der Waals surface area contributed by atoms with Crippen LogP contribution in [0.1, 0.15) is 44.6 Å². The zero-order valence-electron chi connectivity index (χ0n) is 16.4. The Hall–Kier alpha value is -2.90. The number of benzene rings is 1. The molecule has 2 saturated heterocycles. The van der Waals surface area contributed by atoms with Crippen molar-refractivity contribution in [2.75, 3.05) is 18.0 Å². The summed E-state index contributed by atoms with van der Waals surface area (Å²) in [6.45, 7) is 1.70. The number of anilines is 1. The van der Waals surface area contributed by atoms with Crippen LogP contribution in [-0.4, -0.2) is 39.8 Å². The standard InChI is InChI=1S/C21H24N4O4/c1-23-18-14(24-9-7-21(8-10-24)11-13(26)12-21)3-2-4-15(18)25(20(23)29)16-5-6-17(27)22-19(16)28/h2-4,16H,5-12H2,1H3,(H,22,27,28). The third kappa shape index (κ3) is 2.73. The lowest BCUT2D eigenvalue weighted by molar-refractivity contribution is -0.136. The quantitative estimate of drug-likeness (QED) is 0.772. The Balaban J connectivity index is 1.52. The summed E-state index contributed by atoms with van der Waals surface area (Å²) >= 11 is 0. The van der Waals surface area contributed by atoms with Crippen LogP contribution in [0, 0.1) is 5.41 Å². The van der Waals surface area contributed by atoms with Crippen molar-refractivity contribution < 1.29 is 14.4 Å². The summed E-state index contributed by atoms with van der Waals surface area (Å²) in [5.74, 6) is -0.350. The van der Waals surface area contributed by atoms with Gasteiger partial charge in [0.15, 0.2) is 0 Å². The predicted molar refractivity (Wildman–Crippen MR) is 107 cm³/mol. The molecule has 152 valence electrons. The molecular weight excluding hydrogens is 372 g/mol. The van der Waals surface area contributed by atoms with E-state index in [1.165, 1.54) is 4.57 Å². The molecule has 1 aromatic carbocycles. The van der Waals surface area contributed by atoms with Crippen LogP contribution >= 0.6 is 0 Å². The Morgan fingerprint density at radius 2 is 1.79 bits per heavy atom. The molecule has 5 rings (SSSR count). The van der Waals surface area contributed by atoms with Gasteiger partial charge in [-0.05, 0) is 36.8 Å². The Morgan fingerprint density at radius 1 is 1.07 bits per heavy atom. The number of rotatable bonds is 2. The SMILES string of the molecule is Cn1c(=O)n(C2CCC(=O)NC2=O)c2cccc(N3CCC4(CC3)CC(=O)C4)c21. The van der Waals surface area contributed by atoms with E-state index >= 15 is 0 Å². The van der Waals surface area contributed by atoms with Gasteiger partial charge in [-0.1, -0.05) is 6.07 Å². The monoisotopic (exact) mass is 396 g/mol. The molecule has 1 unspecified atom stereocenters. The molecule has 1 atom stereocenters. The van der Waals surface area contributed by atoms with Crippen molar-refractivity contribution in [3.63, 3.8) is 0 Å². The molecule has 3 fully saturated rings. The van der Waals surface area contributed by atoms with Crippen LogP contribution in [0.4, 0.5) is 5.69 Å². The minimum Gasteiger partial charge on any atom is -0.370 e. The molecule has 3 heterocycles. The zero-order valence-corrected chi connectivity index (χ0v) is 16.4. The van der Waals surface area contributed by atoms with Crippen LogP contribution in [0.2, 0.25) is 0 Å². The number of nitrogens with zero attached hydrogens (tertiary/aromatic N) is 3. The van der Waals surface area contributed by atoms with Crippen molar-refractivity contribution >= 4 is 34.3 Å². The first-order chi connectivity index (χ1) is 13.9. The molecular formula is C21H24N4O4. The van der Waals surface area contributed by atoms with Gasteiger partial charge in [0.25, 0.3) is 0 Å². The van der Waals surface area contributed by atoms with Crippen molar-refractivity contribution in [1.29, 1.82) is 0 Å². The van der Waals surface area contributed by atoms with E-state index in [1.54, 1.807) is 11.6 Å². The highest BCUT2D eigenvalue weighted by atomic mass is 16.2. The number of imide groups is 1. The number of piperidine rings is 2. The number of para-hydroxylation sites is 1. The number of aromatic nitrogens is 2. The van der Waals surface area contributed by atoms with E-state index in [9.17, 15) is 19.2 Å². The summed E-state index contributed by atoms with van der Waals surface area (Å²) in [6, 6.07) is 5.11. The van der Waals surface area contributed by atoms with Crippen molar-refractivity contribution in [2.45, 2.75) is 44.6 Å². The highest BCUT2D eigenvalue weighted by molar-refractivity contribution is 6.00. The number of carbonyl (C=O) groups is 3.